The molecular weight excluding hydrogens is 214 g/mol. The third-order valence-corrected chi connectivity index (χ3v) is 1.74. The number of aliphatic hydroxyl groups excluding tert-OH is 1. The van der Waals surface area contributed by atoms with Gasteiger partial charge in [-0.2, -0.15) is 0 Å². The maximum Gasteiger partial charge on any atom is 0.407 e. The number of ether oxygens (including phenoxy) is 3. The first-order valence-corrected chi connectivity index (χ1v) is 5.39. The van der Waals surface area contributed by atoms with Crippen molar-refractivity contribution in [1.82, 2.24) is 5.32 Å². The average molecular weight is 235 g/mol. The van der Waals surface area contributed by atoms with Crippen molar-refractivity contribution in [3.8, 4) is 0 Å². The van der Waals surface area contributed by atoms with Crippen LogP contribution in [0.3, 0.4) is 0 Å². The van der Waals surface area contributed by atoms with Gasteiger partial charge in [0.2, 0.25) is 0 Å². The third kappa shape index (κ3) is 11.2. The Bertz CT molecular complexity index is 165. The molecule has 0 heterocycles. The highest BCUT2D eigenvalue weighted by Crippen LogP contribution is 1.89. The Kier molecular flexibility index (Phi) is 11.6. The van der Waals surface area contributed by atoms with Crippen LogP contribution in [0.15, 0.2) is 0 Å². The van der Waals surface area contributed by atoms with Crippen LogP contribution in [0, 0.1) is 0 Å². The molecule has 6 nitrogen and oxygen atoms in total. The fraction of sp³-hybridized carbons (Fsp3) is 0.900. The number of alkyl carbamates (subject to hydrolysis) is 1. The van der Waals surface area contributed by atoms with Crippen LogP contribution in [0.1, 0.15) is 12.8 Å². The summed E-state index contributed by atoms with van der Waals surface area (Å²) in [5, 5.41) is 11.0. The molecule has 0 fully saturated rings. The van der Waals surface area contributed by atoms with Gasteiger partial charge in [0.05, 0.1) is 19.8 Å². The highest BCUT2D eigenvalue weighted by atomic mass is 16.6. The van der Waals surface area contributed by atoms with Gasteiger partial charge in [0.25, 0.3) is 0 Å². The molecule has 0 aliphatic carbocycles. The summed E-state index contributed by atoms with van der Waals surface area (Å²) in [6.07, 6.45) is 1.22. The van der Waals surface area contributed by atoms with Crippen LogP contribution in [-0.4, -0.2) is 57.9 Å². The Hall–Kier alpha value is -0.850. The molecule has 2 N–H and O–H groups in total. The van der Waals surface area contributed by atoms with Crippen molar-refractivity contribution in [2.75, 3.05) is 46.7 Å². The van der Waals surface area contributed by atoms with Gasteiger partial charge in [0, 0.05) is 20.3 Å². The van der Waals surface area contributed by atoms with Crippen LogP contribution in [0.5, 0.6) is 0 Å². The van der Waals surface area contributed by atoms with Crippen LogP contribution in [0.4, 0.5) is 4.79 Å². The van der Waals surface area contributed by atoms with E-state index in [0.717, 1.165) is 12.8 Å². The zero-order valence-electron chi connectivity index (χ0n) is 9.74. The largest absolute Gasteiger partial charge is 0.447 e. The fourth-order valence-corrected chi connectivity index (χ4v) is 0.953. The Balaban J connectivity index is 3.05. The number of aliphatic hydroxyl groups is 1. The lowest BCUT2D eigenvalue weighted by Gasteiger charge is -2.06. The molecule has 0 aliphatic heterocycles. The molecule has 0 aliphatic rings. The lowest BCUT2D eigenvalue weighted by molar-refractivity contribution is 0.0686. The minimum Gasteiger partial charge on any atom is -0.447 e. The SMILES string of the molecule is COCCOCCCCNC(=O)OCCO. The Morgan fingerprint density at radius 3 is 2.69 bits per heavy atom. The van der Waals surface area contributed by atoms with Crippen LogP contribution in [-0.2, 0) is 14.2 Å². The Morgan fingerprint density at radius 2 is 2.00 bits per heavy atom. The number of hydrogen-bond donors (Lipinski definition) is 2. The number of nitrogens with one attached hydrogen (secondary N) is 1. The van der Waals surface area contributed by atoms with Crippen LogP contribution >= 0.6 is 0 Å². The monoisotopic (exact) mass is 235 g/mol. The van der Waals surface area contributed by atoms with Crippen molar-refractivity contribution in [2.24, 2.45) is 0 Å². The molecular formula is C10H21NO5. The summed E-state index contributed by atoms with van der Waals surface area (Å²) in [7, 11) is 1.63. The summed E-state index contributed by atoms with van der Waals surface area (Å²) < 4.78 is 14.7. The number of rotatable bonds is 10. The zero-order valence-corrected chi connectivity index (χ0v) is 9.74. The molecule has 0 saturated heterocycles. The molecule has 0 spiro atoms. The van der Waals surface area contributed by atoms with E-state index in [2.05, 4.69) is 10.1 Å². The van der Waals surface area contributed by atoms with Crippen molar-refractivity contribution in [3.05, 3.63) is 0 Å². The van der Waals surface area contributed by atoms with E-state index in [1.54, 1.807) is 7.11 Å². The lowest BCUT2D eigenvalue weighted by Crippen LogP contribution is -2.26. The Morgan fingerprint density at radius 1 is 1.19 bits per heavy atom. The lowest BCUT2D eigenvalue weighted by atomic mass is 10.3. The van der Waals surface area contributed by atoms with E-state index in [0.29, 0.717) is 26.4 Å². The minimum absolute atomic E-state index is 0.0337. The molecule has 1 amide bonds. The van der Waals surface area contributed by atoms with Crippen LogP contribution in [0.2, 0.25) is 0 Å². The van der Waals surface area contributed by atoms with Gasteiger partial charge < -0.3 is 24.6 Å². The second-order valence-corrected chi connectivity index (χ2v) is 3.10. The van der Waals surface area contributed by atoms with E-state index in [4.69, 9.17) is 14.6 Å². The van der Waals surface area contributed by atoms with Gasteiger partial charge in [-0.3, -0.25) is 0 Å². The molecule has 0 saturated carbocycles. The maximum atomic E-state index is 10.9. The summed E-state index contributed by atoms with van der Waals surface area (Å²) in [6.45, 7) is 2.30. The minimum atomic E-state index is -0.491. The number of amides is 1. The number of hydrogen-bond acceptors (Lipinski definition) is 5. The van der Waals surface area contributed by atoms with E-state index in [1.165, 1.54) is 0 Å². The normalized spacial score (nSPS) is 10.1. The molecule has 6 heteroatoms. The van der Waals surface area contributed by atoms with Crippen LogP contribution in [0.25, 0.3) is 0 Å². The van der Waals surface area contributed by atoms with E-state index < -0.39 is 6.09 Å². The van der Waals surface area contributed by atoms with E-state index in [1.807, 2.05) is 0 Å². The molecule has 0 aromatic heterocycles. The first-order valence-electron chi connectivity index (χ1n) is 5.39. The number of unbranched alkanes of at least 4 members (excludes halogenated alkanes) is 1. The van der Waals surface area contributed by atoms with E-state index in [9.17, 15) is 4.79 Å². The molecule has 0 atom stereocenters. The van der Waals surface area contributed by atoms with Gasteiger partial charge in [-0.25, -0.2) is 4.79 Å². The highest BCUT2D eigenvalue weighted by molar-refractivity contribution is 5.66. The second kappa shape index (κ2) is 12.2. The maximum absolute atomic E-state index is 10.9. The van der Waals surface area contributed by atoms with Crippen molar-refractivity contribution in [1.29, 1.82) is 0 Å². The van der Waals surface area contributed by atoms with Gasteiger partial charge in [0.1, 0.15) is 6.61 Å². The molecule has 0 unspecified atom stereocenters. The van der Waals surface area contributed by atoms with Gasteiger partial charge >= 0.3 is 6.09 Å². The summed E-state index contributed by atoms with van der Waals surface area (Å²) in [5.41, 5.74) is 0. The van der Waals surface area contributed by atoms with Gasteiger partial charge in [-0.05, 0) is 12.8 Å². The van der Waals surface area contributed by atoms with E-state index in [-0.39, 0.29) is 13.2 Å². The first-order chi connectivity index (χ1) is 7.81. The first kappa shape index (κ1) is 15.2. The standard InChI is InChI=1S/C10H21NO5/c1-14-8-9-15-6-3-2-4-11-10(13)16-7-5-12/h12H,2-9H2,1H3,(H,11,13). The van der Waals surface area contributed by atoms with Crippen LogP contribution < -0.4 is 5.32 Å². The molecule has 0 aromatic carbocycles. The molecule has 0 radical (unpaired) electrons. The van der Waals surface area contributed by atoms with Crippen molar-refractivity contribution in [2.45, 2.75) is 12.8 Å². The number of methoxy groups -OCH3 is 1. The van der Waals surface area contributed by atoms with Gasteiger partial charge in [-0.1, -0.05) is 0 Å². The number of carbonyl (C=O) groups excluding carboxylic acids is 1. The molecule has 16 heavy (non-hydrogen) atoms. The zero-order chi connectivity index (χ0) is 12.1. The van der Waals surface area contributed by atoms with Crippen molar-refractivity contribution in [3.63, 3.8) is 0 Å². The molecule has 0 rings (SSSR count). The van der Waals surface area contributed by atoms with Crippen molar-refractivity contribution >= 4 is 6.09 Å². The van der Waals surface area contributed by atoms with Gasteiger partial charge in [0.15, 0.2) is 0 Å². The smallest absolute Gasteiger partial charge is 0.407 e. The summed E-state index contributed by atoms with van der Waals surface area (Å²) in [4.78, 5) is 10.9. The van der Waals surface area contributed by atoms with E-state index >= 15 is 0 Å². The topological polar surface area (TPSA) is 77.0 Å². The highest BCUT2D eigenvalue weighted by Gasteiger charge is 1.99. The second-order valence-electron chi connectivity index (χ2n) is 3.10. The van der Waals surface area contributed by atoms with Crippen molar-refractivity contribution < 1.29 is 24.1 Å². The molecule has 0 bridgehead atoms. The quantitative estimate of drug-likeness (QED) is 0.527. The number of carbonyl (C=O) groups is 1. The predicted molar refractivity (Wildman–Crippen MR) is 58.4 cm³/mol. The average Bonchev–Trinajstić information content (AvgIpc) is 2.30. The summed E-state index contributed by atoms with van der Waals surface area (Å²) in [5.74, 6) is 0. The fourth-order valence-electron chi connectivity index (χ4n) is 0.953. The predicted octanol–water partition coefficient (Wildman–Crippen LogP) is 0.148. The van der Waals surface area contributed by atoms with Gasteiger partial charge in [-0.15, -0.1) is 0 Å². The Labute approximate surface area is 95.9 Å². The molecule has 0 aromatic rings. The summed E-state index contributed by atoms with van der Waals surface area (Å²) in [6, 6.07) is 0. The molecule has 96 valence electrons. The summed E-state index contributed by atoms with van der Waals surface area (Å²) >= 11 is 0. The third-order valence-electron chi connectivity index (χ3n) is 1.74.